The number of rotatable bonds is 5. The summed E-state index contributed by atoms with van der Waals surface area (Å²) < 4.78 is 28.7. The van der Waals surface area contributed by atoms with E-state index in [1.807, 2.05) is 36.4 Å². The van der Waals surface area contributed by atoms with Gasteiger partial charge in [0, 0.05) is 10.8 Å². The molecule has 0 bridgehead atoms. The van der Waals surface area contributed by atoms with Crippen molar-refractivity contribution >= 4 is 42.6 Å². The predicted octanol–water partition coefficient (Wildman–Crippen LogP) is 6.97. The topological polar surface area (TPSA) is 39.1 Å². The molecule has 0 spiro atoms. The highest BCUT2D eigenvalue weighted by atomic mass is 32.2. The second-order valence-corrected chi connectivity index (χ2v) is 10.4. The van der Waals surface area contributed by atoms with Crippen LogP contribution in [0.4, 0.5) is 0 Å². The molecule has 0 saturated heterocycles. The van der Waals surface area contributed by atoms with Crippen molar-refractivity contribution in [2.45, 2.75) is 17.7 Å². The van der Waals surface area contributed by atoms with Crippen molar-refractivity contribution in [1.29, 1.82) is 0 Å². The van der Waals surface area contributed by atoms with Gasteiger partial charge in [-0.25, -0.2) is 12.4 Å². The van der Waals surface area contributed by atoms with Gasteiger partial charge in [0.05, 0.1) is 15.9 Å². The molecule has 0 aliphatic heterocycles. The van der Waals surface area contributed by atoms with E-state index in [0.717, 1.165) is 23.6 Å². The van der Waals surface area contributed by atoms with Crippen molar-refractivity contribution < 1.29 is 8.42 Å². The van der Waals surface area contributed by atoms with Gasteiger partial charge in [0.15, 0.2) is 0 Å². The highest BCUT2D eigenvalue weighted by Crippen LogP contribution is 2.33. The Morgan fingerprint density at radius 3 is 1.97 bits per heavy atom. The third kappa shape index (κ3) is 3.47. The summed E-state index contributed by atoms with van der Waals surface area (Å²) in [5.74, 6) is 0. The highest BCUT2D eigenvalue weighted by Gasteiger charge is 2.23. The SMILES string of the molecule is O=S(=O)(c1ccccc1)n1c2ccccc2c2cc(CCc3ccc4ccccc4c3)ccc21. The number of aromatic nitrogens is 1. The van der Waals surface area contributed by atoms with Crippen LogP contribution in [0, 0.1) is 0 Å². The van der Waals surface area contributed by atoms with Gasteiger partial charge >= 0.3 is 0 Å². The summed E-state index contributed by atoms with van der Waals surface area (Å²) in [6.07, 6.45) is 1.82. The van der Waals surface area contributed by atoms with Gasteiger partial charge in [-0.05, 0) is 65.1 Å². The molecule has 0 fully saturated rings. The molecule has 0 N–H and O–H groups in total. The second-order valence-electron chi connectivity index (χ2n) is 8.63. The van der Waals surface area contributed by atoms with E-state index < -0.39 is 10.0 Å². The standard InChI is InChI=1S/C30H23NO2S/c32-34(33,26-10-2-1-3-11-26)31-29-13-7-6-12-27(29)28-21-23(17-19-30(28)31)15-14-22-16-18-24-8-4-5-9-25(24)20-22/h1-13,16-21H,14-15H2. The molecule has 1 aromatic heterocycles. The van der Waals surface area contributed by atoms with E-state index in [9.17, 15) is 8.42 Å². The van der Waals surface area contributed by atoms with Gasteiger partial charge < -0.3 is 0 Å². The van der Waals surface area contributed by atoms with Crippen LogP contribution in [-0.2, 0) is 22.9 Å². The molecule has 3 nitrogen and oxygen atoms in total. The molecule has 1 heterocycles. The molecule has 34 heavy (non-hydrogen) atoms. The summed E-state index contributed by atoms with van der Waals surface area (Å²) in [5, 5.41) is 4.42. The van der Waals surface area contributed by atoms with Crippen molar-refractivity contribution in [2.75, 3.05) is 0 Å². The van der Waals surface area contributed by atoms with Crippen LogP contribution in [0.3, 0.4) is 0 Å². The Hall–Kier alpha value is -3.89. The molecule has 6 aromatic rings. The number of aryl methyl sites for hydroxylation is 2. The Morgan fingerprint density at radius 1 is 0.529 bits per heavy atom. The highest BCUT2D eigenvalue weighted by molar-refractivity contribution is 7.90. The Bertz CT molecular complexity index is 1770. The predicted molar refractivity (Wildman–Crippen MR) is 140 cm³/mol. The van der Waals surface area contributed by atoms with Crippen LogP contribution in [0.5, 0.6) is 0 Å². The number of hydrogen-bond acceptors (Lipinski definition) is 2. The monoisotopic (exact) mass is 461 g/mol. The Balaban J connectivity index is 1.41. The summed E-state index contributed by atoms with van der Waals surface area (Å²) in [6.45, 7) is 0. The molecular weight excluding hydrogens is 438 g/mol. The first-order valence-corrected chi connectivity index (χ1v) is 12.9. The summed E-state index contributed by atoms with van der Waals surface area (Å²) in [4.78, 5) is 0.290. The van der Waals surface area contributed by atoms with Gasteiger partial charge in [0.1, 0.15) is 0 Å². The van der Waals surface area contributed by atoms with Crippen molar-refractivity contribution in [3.05, 3.63) is 126 Å². The van der Waals surface area contributed by atoms with Crippen molar-refractivity contribution in [3.63, 3.8) is 0 Å². The molecule has 0 aliphatic rings. The minimum absolute atomic E-state index is 0.290. The molecule has 0 unspecified atom stereocenters. The largest absolute Gasteiger partial charge is 0.268 e. The lowest BCUT2D eigenvalue weighted by molar-refractivity contribution is 0.590. The summed E-state index contributed by atoms with van der Waals surface area (Å²) in [5.41, 5.74) is 3.90. The first-order chi connectivity index (χ1) is 16.6. The normalized spacial score (nSPS) is 12.0. The number of fused-ring (bicyclic) bond motifs is 4. The van der Waals surface area contributed by atoms with Crippen LogP contribution in [0.25, 0.3) is 32.6 Å². The van der Waals surface area contributed by atoms with Crippen LogP contribution in [0.15, 0.2) is 120 Å². The van der Waals surface area contributed by atoms with Crippen LogP contribution in [0.2, 0.25) is 0 Å². The molecule has 0 atom stereocenters. The van der Waals surface area contributed by atoms with E-state index >= 15 is 0 Å². The maximum atomic E-state index is 13.6. The van der Waals surface area contributed by atoms with Crippen molar-refractivity contribution in [1.82, 2.24) is 3.97 Å². The fraction of sp³-hybridized carbons (Fsp3) is 0.0667. The van der Waals surface area contributed by atoms with E-state index in [-0.39, 0.29) is 4.90 Å². The second kappa shape index (κ2) is 8.15. The van der Waals surface area contributed by atoms with Gasteiger partial charge in [0.2, 0.25) is 0 Å². The maximum absolute atomic E-state index is 13.6. The van der Waals surface area contributed by atoms with E-state index in [0.29, 0.717) is 11.0 Å². The minimum Gasteiger partial charge on any atom is -0.233 e. The first kappa shape index (κ1) is 20.7. The zero-order valence-corrected chi connectivity index (χ0v) is 19.4. The van der Waals surface area contributed by atoms with Gasteiger partial charge in [-0.3, -0.25) is 0 Å². The number of hydrogen-bond donors (Lipinski definition) is 0. The van der Waals surface area contributed by atoms with E-state index in [4.69, 9.17) is 0 Å². The number of para-hydroxylation sites is 1. The van der Waals surface area contributed by atoms with Crippen LogP contribution in [-0.4, -0.2) is 12.4 Å². The van der Waals surface area contributed by atoms with E-state index in [2.05, 4.69) is 54.6 Å². The Kier molecular flexibility index (Phi) is 4.96. The van der Waals surface area contributed by atoms with Crippen molar-refractivity contribution in [2.24, 2.45) is 0 Å². The third-order valence-corrected chi connectivity index (χ3v) is 8.23. The molecular formula is C30H23NO2S. The molecule has 6 rings (SSSR count). The maximum Gasteiger partial charge on any atom is 0.268 e. The fourth-order valence-corrected chi connectivity index (χ4v) is 6.33. The molecule has 5 aromatic carbocycles. The average molecular weight is 462 g/mol. The third-order valence-electron chi connectivity index (χ3n) is 6.49. The molecule has 0 aliphatic carbocycles. The summed E-state index contributed by atoms with van der Waals surface area (Å²) in [7, 11) is -3.72. The number of nitrogens with zero attached hydrogens (tertiary/aromatic N) is 1. The smallest absolute Gasteiger partial charge is 0.233 e. The lowest BCUT2D eigenvalue weighted by Gasteiger charge is -2.10. The fourth-order valence-electron chi connectivity index (χ4n) is 4.78. The van der Waals surface area contributed by atoms with Gasteiger partial charge in [0.25, 0.3) is 10.0 Å². The first-order valence-electron chi connectivity index (χ1n) is 11.4. The Labute approximate surface area is 199 Å². The zero-order chi connectivity index (χ0) is 23.1. The minimum atomic E-state index is -3.72. The lowest BCUT2D eigenvalue weighted by Crippen LogP contribution is -2.12. The van der Waals surface area contributed by atoms with E-state index in [1.165, 1.54) is 25.9 Å². The number of benzene rings is 5. The van der Waals surface area contributed by atoms with E-state index in [1.54, 1.807) is 24.3 Å². The lowest BCUT2D eigenvalue weighted by atomic mass is 10.00. The molecule has 0 radical (unpaired) electrons. The summed E-state index contributed by atoms with van der Waals surface area (Å²) >= 11 is 0. The molecule has 0 saturated carbocycles. The molecule has 0 amide bonds. The molecule has 166 valence electrons. The van der Waals surface area contributed by atoms with Gasteiger partial charge in [-0.1, -0.05) is 84.9 Å². The quantitative estimate of drug-likeness (QED) is 0.278. The average Bonchev–Trinajstić information content (AvgIpc) is 3.22. The summed E-state index contributed by atoms with van der Waals surface area (Å²) in [6, 6.07) is 37.5. The molecule has 4 heteroatoms. The Morgan fingerprint density at radius 2 is 1.15 bits per heavy atom. The van der Waals surface area contributed by atoms with Crippen molar-refractivity contribution in [3.8, 4) is 0 Å². The van der Waals surface area contributed by atoms with Gasteiger partial charge in [-0.2, -0.15) is 0 Å². The van der Waals surface area contributed by atoms with Crippen LogP contribution >= 0.6 is 0 Å². The zero-order valence-electron chi connectivity index (χ0n) is 18.6. The van der Waals surface area contributed by atoms with Crippen LogP contribution < -0.4 is 0 Å². The van der Waals surface area contributed by atoms with Crippen LogP contribution in [0.1, 0.15) is 11.1 Å². The van der Waals surface area contributed by atoms with Gasteiger partial charge in [-0.15, -0.1) is 0 Å².